The lowest BCUT2D eigenvalue weighted by Crippen LogP contribution is -2.46. The van der Waals surface area contributed by atoms with Crippen molar-refractivity contribution in [2.45, 2.75) is 18.3 Å². The number of hydrogen-bond acceptors (Lipinski definition) is 3. The average molecular weight is 248 g/mol. The molecule has 3 N–H and O–H groups in total. The second-order valence-corrected chi connectivity index (χ2v) is 4.94. The third-order valence-corrected chi connectivity index (χ3v) is 3.70. The fraction of sp³-hybridized carbons (Fsp3) is 0.462. The van der Waals surface area contributed by atoms with Crippen molar-refractivity contribution in [3.63, 3.8) is 0 Å². The van der Waals surface area contributed by atoms with E-state index in [2.05, 4.69) is 9.97 Å². The predicted molar refractivity (Wildman–Crippen MR) is 67.7 cm³/mol. The third kappa shape index (κ3) is 1.76. The Morgan fingerprint density at radius 2 is 2.06 bits per heavy atom. The lowest BCUT2D eigenvalue weighted by Gasteiger charge is -2.42. The van der Waals surface area contributed by atoms with Gasteiger partial charge in [-0.3, -0.25) is 0 Å². The number of H-pyrrole nitrogens is 2. The van der Waals surface area contributed by atoms with Gasteiger partial charge in [0.15, 0.2) is 0 Å². The van der Waals surface area contributed by atoms with Crippen LogP contribution >= 0.6 is 0 Å². The molecule has 18 heavy (non-hydrogen) atoms. The van der Waals surface area contributed by atoms with Gasteiger partial charge in [0.2, 0.25) is 0 Å². The van der Waals surface area contributed by atoms with Crippen LogP contribution < -0.4 is 5.69 Å². The van der Waals surface area contributed by atoms with Crippen LogP contribution in [0.5, 0.6) is 0 Å². The summed E-state index contributed by atoms with van der Waals surface area (Å²) < 4.78 is 5.35. The van der Waals surface area contributed by atoms with E-state index in [-0.39, 0.29) is 17.7 Å². The molecule has 1 fully saturated rings. The zero-order valence-corrected chi connectivity index (χ0v) is 10.0. The number of hydrogen-bond donors (Lipinski definition) is 3. The molecule has 0 saturated carbocycles. The van der Waals surface area contributed by atoms with Crippen molar-refractivity contribution in [1.82, 2.24) is 9.97 Å². The Balaban J connectivity index is 1.99. The number of fused-ring (bicyclic) bond motifs is 1. The van der Waals surface area contributed by atoms with Gasteiger partial charge in [-0.25, -0.2) is 4.79 Å². The Morgan fingerprint density at radius 1 is 1.28 bits per heavy atom. The van der Waals surface area contributed by atoms with Gasteiger partial charge in [0.25, 0.3) is 0 Å². The number of imidazole rings is 1. The largest absolute Gasteiger partial charge is 0.396 e. The molecular weight excluding hydrogens is 232 g/mol. The molecule has 0 unspecified atom stereocenters. The predicted octanol–water partition coefficient (Wildman–Crippen LogP) is 0.897. The lowest BCUT2D eigenvalue weighted by molar-refractivity contribution is -0.0664. The van der Waals surface area contributed by atoms with Gasteiger partial charge >= 0.3 is 5.69 Å². The molecule has 1 aliphatic heterocycles. The quantitative estimate of drug-likeness (QED) is 0.752. The number of aliphatic hydroxyl groups is 1. The highest BCUT2D eigenvalue weighted by atomic mass is 16.5. The van der Waals surface area contributed by atoms with E-state index in [4.69, 9.17) is 9.84 Å². The summed E-state index contributed by atoms with van der Waals surface area (Å²) in [6.07, 6.45) is 1.68. The van der Waals surface area contributed by atoms with Crippen LogP contribution in [-0.4, -0.2) is 34.9 Å². The van der Waals surface area contributed by atoms with E-state index in [9.17, 15) is 4.79 Å². The zero-order valence-electron chi connectivity index (χ0n) is 10.0. The molecule has 0 radical (unpaired) electrons. The van der Waals surface area contributed by atoms with Gasteiger partial charge in [-0.2, -0.15) is 0 Å². The maximum absolute atomic E-state index is 11.2. The van der Waals surface area contributed by atoms with Crippen molar-refractivity contribution in [2.75, 3.05) is 19.8 Å². The van der Waals surface area contributed by atoms with Crippen LogP contribution in [0.4, 0.5) is 0 Å². The van der Waals surface area contributed by atoms with Crippen LogP contribution in [0.25, 0.3) is 11.0 Å². The fourth-order valence-corrected chi connectivity index (χ4v) is 2.58. The van der Waals surface area contributed by atoms with E-state index in [1.165, 1.54) is 5.56 Å². The lowest BCUT2D eigenvalue weighted by atomic mass is 9.75. The van der Waals surface area contributed by atoms with Crippen molar-refractivity contribution < 1.29 is 9.84 Å². The minimum Gasteiger partial charge on any atom is -0.396 e. The van der Waals surface area contributed by atoms with Crippen LogP contribution in [0.15, 0.2) is 23.0 Å². The summed E-state index contributed by atoms with van der Waals surface area (Å²) in [5.74, 6) is 0. The number of aliphatic hydroxyl groups excluding tert-OH is 1. The van der Waals surface area contributed by atoms with E-state index in [1.807, 2.05) is 18.2 Å². The maximum atomic E-state index is 11.2. The number of ether oxygens (including phenoxy) is 1. The number of nitrogens with one attached hydrogen (secondary N) is 2. The summed E-state index contributed by atoms with van der Waals surface area (Å²) in [5.41, 5.74) is 2.64. The summed E-state index contributed by atoms with van der Waals surface area (Å²) in [7, 11) is 0. The number of aromatic nitrogens is 2. The monoisotopic (exact) mass is 248 g/mol. The topological polar surface area (TPSA) is 78.1 Å². The van der Waals surface area contributed by atoms with Gasteiger partial charge in [-0.1, -0.05) is 6.07 Å². The highest BCUT2D eigenvalue weighted by Crippen LogP contribution is 2.37. The van der Waals surface area contributed by atoms with Gasteiger partial charge in [-0.15, -0.1) is 0 Å². The molecule has 0 atom stereocenters. The molecule has 0 aliphatic carbocycles. The number of aromatic amines is 2. The number of rotatable bonds is 4. The maximum Gasteiger partial charge on any atom is 0.323 e. The Morgan fingerprint density at radius 3 is 2.72 bits per heavy atom. The second-order valence-electron chi connectivity index (χ2n) is 4.94. The van der Waals surface area contributed by atoms with Crippen molar-refractivity contribution in [3.8, 4) is 0 Å². The smallest absolute Gasteiger partial charge is 0.323 e. The highest BCUT2D eigenvalue weighted by molar-refractivity contribution is 5.75. The zero-order chi connectivity index (χ0) is 12.6. The van der Waals surface area contributed by atoms with Gasteiger partial charge in [-0.05, 0) is 30.5 Å². The first-order valence-corrected chi connectivity index (χ1v) is 6.15. The van der Waals surface area contributed by atoms with Crippen LogP contribution in [0.3, 0.4) is 0 Å². The van der Waals surface area contributed by atoms with Crippen LogP contribution in [0.2, 0.25) is 0 Å². The minimum absolute atomic E-state index is 0.00504. The first-order valence-electron chi connectivity index (χ1n) is 6.15. The summed E-state index contributed by atoms with van der Waals surface area (Å²) in [6, 6.07) is 5.96. The molecular formula is C13H16N2O3. The van der Waals surface area contributed by atoms with E-state index in [0.29, 0.717) is 13.2 Å². The Bertz CT molecular complexity index is 610. The second kappa shape index (κ2) is 4.26. The van der Waals surface area contributed by atoms with Crippen molar-refractivity contribution in [2.24, 2.45) is 0 Å². The molecule has 1 saturated heterocycles. The fourth-order valence-electron chi connectivity index (χ4n) is 2.58. The molecule has 5 nitrogen and oxygen atoms in total. The van der Waals surface area contributed by atoms with Gasteiger partial charge in [0, 0.05) is 12.0 Å². The van der Waals surface area contributed by atoms with Gasteiger partial charge < -0.3 is 19.8 Å². The van der Waals surface area contributed by atoms with E-state index in [0.717, 1.165) is 23.9 Å². The molecule has 2 aromatic rings. The van der Waals surface area contributed by atoms with Crippen LogP contribution in [-0.2, 0) is 10.2 Å². The molecule has 0 spiro atoms. The SMILES string of the molecule is O=c1[nH]c2ccc(C3(CCCO)COC3)cc2[nH]1. The van der Waals surface area contributed by atoms with Crippen molar-refractivity contribution in [3.05, 3.63) is 34.2 Å². The first-order chi connectivity index (χ1) is 8.73. The van der Waals surface area contributed by atoms with E-state index >= 15 is 0 Å². The molecule has 2 heterocycles. The standard InChI is InChI=1S/C13H16N2O3/c16-5-1-4-13(7-18-8-13)9-2-3-10-11(6-9)15-12(17)14-10/h2-3,6,16H,1,4-5,7-8H2,(H2,14,15,17). The summed E-state index contributed by atoms with van der Waals surface area (Å²) in [5, 5.41) is 8.98. The summed E-state index contributed by atoms with van der Waals surface area (Å²) in [6.45, 7) is 1.57. The average Bonchev–Trinajstić information content (AvgIpc) is 2.67. The Kier molecular flexibility index (Phi) is 2.72. The molecule has 3 rings (SSSR count). The van der Waals surface area contributed by atoms with E-state index < -0.39 is 0 Å². The van der Waals surface area contributed by atoms with Crippen molar-refractivity contribution in [1.29, 1.82) is 0 Å². The third-order valence-electron chi connectivity index (χ3n) is 3.70. The molecule has 96 valence electrons. The molecule has 1 aliphatic rings. The molecule has 1 aromatic heterocycles. The minimum atomic E-state index is -0.184. The van der Waals surface area contributed by atoms with Gasteiger partial charge in [0.1, 0.15) is 0 Å². The molecule has 0 amide bonds. The molecule has 1 aromatic carbocycles. The molecule has 0 bridgehead atoms. The van der Waals surface area contributed by atoms with Crippen LogP contribution in [0.1, 0.15) is 18.4 Å². The molecule has 5 heteroatoms. The Hall–Kier alpha value is -1.59. The normalized spacial score (nSPS) is 17.8. The summed E-state index contributed by atoms with van der Waals surface area (Å²) in [4.78, 5) is 16.7. The van der Waals surface area contributed by atoms with Crippen LogP contribution in [0, 0.1) is 0 Å². The first kappa shape index (κ1) is 11.5. The number of benzene rings is 1. The Labute approximate surface area is 104 Å². The highest BCUT2D eigenvalue weighted by Gasteiger charge is 2.39. The van der Waals surface area contributed by atoms with E-state index in [1.54, 1.807) is 0 Å². The summed E-state index contributed by atoms with van der Waals surface area (Å²) >= 11 is 0. The van der Waals surface area contributed by atoms with Crippen molar-refractivity contribution >= 4 is 11.0 Å². The van der Waals surface area contributed by atoms with Gasteiger partial charge in [0.05, 0.1) is 24.2 Å².